The summed E-state index contributed by atoms with van der Waals surface area (Å²) in [6, 6.07) is 0. The highest BCUT2D eigenvalue weighted by molar-refractivity contribution is 4.83. The van der Waals surface area contributed by atoms with E-state index in [2.05, 4.69) is 58.3 Å². The Bertz CT molecular complexity index is 315. The number of unbranched alkanes of at least 4 members (excludes halogenated alkanes) is 2. The van der Waals surface area contributed by atoms with Gasteiger partial charge >= 0.3 is 0 Å². The summed E-state index contributed by atoms with van der Waals surface area (Å²) in [5, 5.41) is 11.4. The van der Waals surface area contributed by atoms with Gasteiger partial charge in [-0.1, -0.05) is 40.5 Å². The summed E-state index contributed by atoms with van der Waals surface area (Å²) in [7, 11) is 0. The van der Waals surface area contributed by atoms with Crippen molar-refractivity contribution < 1.29 is 9.84 Å². The second kappa shape index (κ2) is 11.5. The molecule has 1 unspecified atom stereocenters. The topological polar surface area (TPSA) is 35.9 Å². The highest BCUT2D eigenvalue weighted by Crippen LogP contribution is 2.24. The van der Waals surface area contributed by atoms with Crippen LogP contribution in [0.3, 0.4) is 0 Å². The maximum absolute atomic E-state index is 11.4. The molecule has 0 rings (SSSR count). The van der Waals surface area contributed by atoms with Gasteiger partial charge in [-0.15, -0.1) is 0 Å². The molecule has 0 aromatic rings. The second-order valence-corrected chi connectivity index (χ2v) is 8.32. The van der Waals surface area contributed by atoms with Crippen molar-refractivity contribution >= 4 is 0 Å². The van der Waals surface area contributed by atoms with Crippen LogP contribution in [0.2, 0.25) is 0 Å². The second-order valence-electron chi connectivity index (χ2n) is 8.32. The molecule has 0 heterocycles. The Balaban J connectivity index is 5.37. The molecular formula is C20H44N2O2. The fraction of sp³-hybridized carbons (Fsp3) is 1.00. The fourth-order valence-electron chi connectivity index (χ4n) is 2.92. The predicted molar refractivity (Wildman–Crippen MR) is 104 cm³/mol. The third-order valence-electron chi connectivity index (χ3n) is 4.36. The minimum absolute atomic E-state index is 0.00844. The molecule has 0 aliphatic heterocycles. The monoisotopic (exact) mass is 344 g/mol. The fourth-order valence-corrected chi connectivity index (χ4v) is 2.92. The zero-order valence-electron chi connectivity index (χ0n) is 17.7. The van der Waals surface area contributed by atoms with Crippen LogP contribution in [0.25, 0.3) is 0 Å². The molecule has 0 aliphatic rings. The van der Waals surface area contributed by atoms with E-state index in [1.54, 1.807) is 0 Å². The number of rotatable bonds is 13. The molecule has 4 nitrogen and oxygen atoms in total. The standard InChI is InChI=1S/C20H44N2O2/c1-9-12-14-21(16-18(4)5)20(23,24-11-3)17-22(15-13-10-2)19(6,7)8/h18,23H,9-17H2,1-8H3. The molecule has 0 aliphatic carbocycles. The van der Waals surface area contributed by atoms with Crippen molar-refractivity contribution in [2.75, 3.05) is 32.8 Å². The van der Waals surface area contributed by atoms with Gasteiger partial charge in [0.15, 0.2) is 0 Å². The first-order valence-electron chi connectivity index (χ1n) is 9.97. The van der Waals surface area contributed by atoms with Crippen molar-refractivity contribution in [3.63, 3.8) is 0 Å². The maximum atomic E-state index is 11.4. The predicted octanol–water partition coefficient (Wildman–Crippen LogP) is 4.33. The molecule has 0 bridgehead atoms. The summed E-state index contributed by atoms with van der Waals surface area (Å²) in [5.74, 6) is -0.720. The average molecular weight is 345 g/mol. The highest BCUT2D eigenvalue weighted by Gasteiger charge is 2.39. The van der Waals surface area contributed by atoms with Crippen molar-refractivity contribution in [2.45, 2.75) is 92.5 Å². The molecule has 0 aromatic heterocycles. The Morgan fingerprint density at radius 1 is 0.917 bits per heavy atom. The lowest BCUT2D eigenvalue weighted by atomic mass is 10.0. The number of β-amino-alcohol motifs (C(OH)–C–C–N with tert-alkyl or cyclic N) is 1. The number of hydrogen-bond acceptors (Lipinski definition) is 4. The molecule has 4 heteroatoms. The average Bonchev–Trinajstić information content (AvgIpc) is 2.46. The minimum atomic E-state index is -1.21. The number of ether oxygens (including phenoxy) is 1. The Hall–Kier alpha value is -0.160. The Labute approximate surface area is 151 Å². The van der Waals surface area contributed by atoms with Crippen LogP contribution in [0.15, 0.2) is 0 Å². The lowest BCUT2D eigenvalue weighted by Crippen LogP contribution is -2.61. The van der Waals surface area contributed by atoms with E-state index in [0.29, 0.717) is 19.1 Å². The Kier molecular flexibility index (Phi) is 11.4. The van der Waals surface area contributed by atoms with Crippen LogP contribution in [0.4, 0.5) is 0 Å². The maximum Gasteiger partial charge on any atom is 0.240 e. The molecule has 0 saturated carbocycles. The van der Waals surface area contributed by atoms with Crippen molar-refractivity contribution in [1.82, 2.24) is 9.80 Å². The summed E-state index contributed by atoms with van der Waals surface area (Å²) in [6.07, 6.45) is 4.49. The third-order valence-corrected chi connectivity index (χ3v) is 4.36. The molecule has 0 saturated heterocycles. The lowest BCUT2D eigenvalue weighted by Gasteiger charge is -2.46. The number of hydrogen-bond donors (Lipinski definition) is 1. The van der Waals surface area contributed by atoms with Crippen LogP contribution < -0.4 is 0 Å². The molecule has 0 spiro atoms. The van der Waals surface area contributed by atoms with E-state index >= 15 is 0 Å². The van der Waals surface area contributed by atoms with Crippen LogP contribution >= 0.6 is 0 Å². The van der Waals surface area contributed by atoms with E-state index in [-0.39, 0.29) is 5.54 Å². The van der Waals surface area contributed by atoms with Crippen molar-refractivity contribution in [3.05, 3.63) is 0 Å². The largest absolute Gasteiger partial charge is 0.352 e. The van der Waals surface area contributed by atoms with Crippen molar-refractivity contribution in [1.29, 1.82) is 0 Å². The van der Waals surface area contributed by atoms with Crippen molar-refractivity contribution in [3.8, 4) is 0 Å². The molecule has 0 amide bonds. The summed E-state index contributed by atoms with van der Waals surface area (Å²) in [5.41, 5.74) is 0.00844. The molecule has 0 radical (unpaired) electrons. The van der Waals surface area contributed by atoms with E-state index in [0.717, 1.165) is 45.3 Å². The Morgan fingerprint density at radius 2 is 1.42 bits per heavy atom. The van der Waals surface area contributed by atoms with Gasteiger partial charge in [-0.25, -0.2) is 0 Å². The quantitative estimate of drug-likeness (QED) is 0.505. The van der Waals surface area contributed by atoms with Gasteiger partial charge in [-0.05, 0) is 53.0 Å². The van der Waals surface area contributed by atoms with Gasteiger partial charge in [0.05, 0.1) is 6.54 Å². The molecule has 1 N–H and O–H groups in total. The number of aliphatic hydroxyl groups is 1. The SMILES string of the molecule is CCCCN(CC(O)(OCC)N(CCCC)CC(C)C)C(C)(C)C. The van der Waals surface area contributed by atoms with Crippen LogP contribution in [0, 0.1) is 5.92 Å². The summed E-state index contributed by atoms with van der Waals surface area (Å²) < 4.78 is 5.94. The summed E-state index contributed by atoms with van der Waals surface area (Å²) >= 11 is 0. The van der Waals surface area contributed by atoms with E-state index in [4.69, 9.17) is 4.74 Å². The van der Waals surface area contributed by atoms with Gasteiger partial charge in [-0.3, -0.25) is 9.80 Å². The molecule has 0 aromatic carbocycles. The lowest BCUT2D eigenvalue weighted by molar-refractivity contribution is -0.303. The third kappa shape index (κ3) is 8.80. The van der Waals surface area contributed by atoms with Gasteiger partial charge in [0.2, 0.25) is 5.91 Å². The molecular weight excluding hydrogens is 300 g/mol. The molecule has 1 atom stereocenters. The highest BCUT2D eigenvalue weighted by atomic mass is 16.6. The first kappa shape index (κ1) is 23.8. The first-order chi connectivity index (χ1) is 11.1. The first-order valence-corrected chi connectivity index (χ1v) is 9.97. The van der Waals surface area contributed by atoms with E-state index in [1.165, 1.54) is 0 Å². The van der Waals surface area contributed by atoms with Crippen LogP contribution in [0.1, 0.15) is 81.1 Å². The molecule has 146 valence electrons. The summed E-state index contributed by atoms with van der Waals surface area (Å²) in [4.78, 5) is 4.51. The van der Waals surface area contributed by atoms with Gasteiger partial charge in [0.25, 0.3) is 0 Å². The van der Waals surface area contributed by atoms with Gasteiger partial charge in [0, 0.05) is 25.2 Å². The minimum Gasteiger partial charge on any atom is -0.352 e. The molecule has 0 fully saturated rings. The van der Waals surface area contributed by atoms with Crippen LogP contribution in [-0.4, -0.2) is 59.1 Å². The van der Waals surface area contributed by atoms with Crippen LogP contribution in [0.5, 0.6) is 0 Å². The molecule has 24 heavy (non-hydrogen) atoms. The zero-order chi connectivity index (χ0) is 18.8. The van der Waals surface area contributed by atoms with Gasteiger partial charge in [-0.2, -0.15) is 0 Å². The normalized spacial score (nSPS) is 15.5. The van der Waals surface area contributed by atoms with Crippen LogP contribution in [-0.2, 0) is 4.74 Å². The van der Waals surface area contributed by atoms with E-state index < -0.39 is 5.91 Å². The Morgan fingerprint density at radius 3 is 1.79 bits per heavy atom. The van der Waals surface area contributed by atoms with Gasteiger partial charge < -0.3 is 9.84 Å². The van der Waals surface area contributed by atoms with E-state index in [1.807, 2.05) is 6.92 Å². The number of nitrogens with zero attached hydrogens (tertiary/aromatic N) is 2. The van der Waals surface area contributed by atoms with Crippen molar-refractivity contribution in [2.24, 2.45) is 5.92 Å². The van der Waals surface area contributed by atoms with E-state index in [9.17, 15) is 5.11 Å². The smallest absolute Gasteiger partial charge is 0.240 e. The van der Waals surface area contributed by atoms with Gasteiger partial charge in [0.1, 0.15) is 0 Å². The zero-order valence-corrected chi connectivity index (χ0v) is 17.7. The summed E-state index contributed by atoms with van der Waals surface area (Å²) in [6.45, 7) is 21.2.